The van der Waals surface area contributed by atoms with E-state index in [9.17, 15) is 4.79 Å². The molecule has 0 aliphatic heterocycles. The number of rotatable bonds is 8. The van der Waals surface area contributed by atoms with Gasteiger partial charge in [0.1, 0.15) is 11.5 Å². The summed E-state index contributed by atoms with van der Waals surface area (Å²) in [6.07, 6.45) is 2.21. The Morgan fingerprint density at radius 2 is 1.39 bits per heavy atom. The van der Waals surface area contributed by atoms with Gasteiger partial charge in [-0.1, -0.05) is 59.6 Å². The molecule has 0 aliphatic carbocycles. The zero-order chi connectivity index (χ0) is 22.1. The fraction of sp³-hybridized carbons (Fsp3) is 0.0833. The van der Waals surface area contributed by atoms with E-state index >= 15 is 0 Å². The molecule has 0 heterocycles. The van der Waals surface area contributed by atoms with Crippen LogP contribution in [0, 0.1) is 0 Å². The van der Waals surface area contributed by atoms with Crippen molar-refractivity contribution in [3.8, 4) is 11.5 Å². The van der Waals surface area contributed by atoms with Crippen LogP contribution in [0.2, 0.25) is 10.0 Å². The van der Waals surface area contributed by atoms with E-state index < -0.39 is 12.2 Å². The Kier molecular flexibility index (Phi) is 8.10. The average molecular weight is 455 g/mol. The number of hydrazone groups is 1. The van der Waals surface area contributed by atoms with Crippen LogP contribution in [0.3, 0.4) is 0 Å². The van der Waals surface area contributed by atoms with Crippen molar-refractivity contribution in [2.45, 2.75) is 13.2 Å². The highest BCUT2D eigenvalue weighted by Crippen LogP contribution is 2.20. The van der Waals surface area contributed by atoms with E-state index in [4.69, 9.17) is 32.7 Å². The third kappa shape index (κ3) is 7.48. The molecule has 3 rings (SSSR count). The maximum Gasteiger partial charge on any atom is 0.323 e. The van der Waals surface area contributed by atoms with E-state index in [0.29, 0.717) is 21.5 Å². The molecule has 3 aromatic carbocycles. The van der Waals surface area contributed by atoms with Crippen molar-refractivity contribution in [2.24, 2.45) is 5.10 Å². The highest BCUT2D eigenvalue weighted by molar-refractivity contribution is 6.30. The zero-order valence-electron chi connectivity index (χ0n) is 16.7. The quantitative estimate of drug-likeness (QED) is 0.258. The summed E-state index contributed by atoms with van der Waals surface area (Å²) in [6.45, 7) is 1.88. The van der Waals surface area contributed by atoms with Gasteiger partial charge in [-0.2, -0.15) is 5.10 Å². The molecular formula is C24H20Cl2N2O3. The lowest BCUT2D eigenvalue weighted by Crippen LogP contribution is -2.40. The van der Waals surface area contributed by atoms with Gasteiger partial charge in [-0.15, -0.1) is 0 Å². The van der Waals surface area contributed by atoms with Crippen molar-refractivity contribution < 1.29 is 14.3 Å². The molecule has 158 valence electrons. The fourth-order valence-corrected chi connectivity index (χ4v) is 2.76. The Morgan fingerprint density at radius 3 is 1.90 bits per heavy atom. The van der Waals surface area contributed by atoms with Gasteiger partial charge >= 0.3 is 12.2 Å². The van der Waals surface area contributed by atoms with Crippen molar-refractivity contribution in [2.75, 3.05) is 0 Å². The molecule has 0 unspecified atom stereocenters. The van der Waals surface area contributed by atoms with Crippen LogP contribution in [0.1, 0.15) is 12.5 Å². The smallest absolute Gasteiger partial charge is 0.323 e. The molecule has 0 aliphatic rings. The molecule has 0 saturated heterocycles. The van der Waals surface area contributed by atoms with Crippen molar-refractivity contribution in [1.29, 1.82) is 0 Å². The van der Waals surface area contributed by atoms with E-state index in [-0.39, 0.29) is 0 Å². The number of amides is 1. The summed E-state index contributed by atoms with van der Waals surface area (Å²) in [5, 5.41) is 5.11. The molecular weight excluding hydrogens is 435 g/mol. The van der Waals surface area contributed by atoms with Gasteiger partial charge < -0.3 is 9.47 Å². The van der Waals surface area contributed by atoms with Gasteiger partial charge in [0.2, 0.25) is 0 Å². The first-order chi connectivity index (χ1) is 15.0. The Hall–Kier alpha value is -3.28. The molecule has 1 amide bonds. The van der Waals surface area contributed by atoms with Gasteiger partial charge in [0.15, 0.2) is 0 Å². The van der Waals surface area contributed by atoms with Crippen LogP contribution in [0.4, 0.5) is 0 Å². The summed E-state index contributed by atoms with van der Waals surface area (Å²) < 4.78 is 11.4. The Morgan fingerprint density at radius 1 is 0.871 bits per heavy atom. The summed E-state index contributed by atoms with van der Waals surface area (Å²) in [6, 6.07) is 23.0. The number of halogens is 2. The standard InChI is InChI=1S/C24H20Cl2N2O3/c1-17(15-18-5-3-2-4-6-18)16-27-28-23(29)24(30-21-11-7-19(25)8-12-21)31-22-13-9-20(26)10-14-22/h2-16,24H,1H3,(H,28,29)/b17-15-,27-16-. The predicted octanol–water partition coefficient (Wildman–Crippen LogP) is 5.98. The van der Waals surface area contributed by atoms with E-state index in [1.165, 1.54) is 0 Å². The van der Waals surface area contributed by atoms with Crippen LogP contribution in [0.25, 0.3) is 6.08 Å². The molecule has 0 bridgehead atoms. The number of allylic oxidation sites excluding steroid dienone is 1. The van der Waals surface area contributed by atoms with Crippen molar-refractivity contribution in [1.82, 2.24) is 5.43 Å². The molecule has 3 aromatic rings. The maximum atomic E-state index is 12.7. The predicted molar refractivity (Wildman–Crippen MR) is 125 cm³/mol. The van der Waals surface area contributed by atoms with Gasteiger partial charge in [-0.25, -0.2) is 5.43 Å². The van der Waals surface area contributed by atoms with Crippen molar-refractivity contribution in [3.63, 3.8) is 0 Å². The molecule has 31 heavy (non-hydrogen) atoms. The minimum atomic E-state index is -1.28. The number of hydrogen-bond acceptors (Lipinski definition) is 4. The SMILES string of the molecule is CC(/C=N\NC(=O)C(Oc1ccc(Cl)cc1)Oc1ccc(Cl)cc1)=C/c1ccccc1. The van der Waals surface area contributed by atoms with Crippen LogP contribution in [0.15, 0.2) is 89.5 Å². The van der Waals surface area contributed by atoms with Crippen LogP contribution >= 0.6 is 23.2 Å². The second kappa shape index (κ2) is 11.2. The molecule has 0 atom stereocenters. The molecule has 0 saturated carbocycles. The first kappa shape index (κ1) is 22.4. The highest BCUT2D eigenvalue weighted by Gasteiger charge is 2.22. The third-order valence-electron chi connectivity index (χ3n) is 3.96. The summed E-state index contributed by atoms with van der Waals surface area (Å²) >= 11 is 11.8. The second-order valence-electron chi connectivity index (χ2n) is 6.51. The number of hydrogen-bond donors (Lipinski definition) is 1. The molecule has 0 fully saturated rings. The van der Waals surface area contributed by atoms with E-state index in [1.807, 2.05) is 43.3 Å². The van der Waals surface area contributed by atoms with E-state index in [1.54, 1.807) is 54.7 Å². The Bertz CT molecular complexity index is 1000. The van der Waals surface area contributed by atoms with Crippen LogP contribution in [0.5, 0.6) is 11.5 Å². The first-order valence-electron chi connectivity index (χ1n) is 9.40. The normalized spacial score (nSPS) is 11.5. The summed E-state index contributed by atoms with van der Waals surface area (Å²) in [5.41, 5.74) is 4.35. The zero-order valence-corrected chi connectivity index (χ0v) is 18.2. The average Bonchev–Trinajstić information content (AvgIpc) is 2.77. The third-order valence-corrected chi connectivity index (χ3v) is 4.47. The number of benzene rings is 3. The maximum absolute atomic E-state index is 12.7. The van der Waals surface area contributed by atoms with Crippen molar-refractivity contribution in [3.05, 3.63) is 100 Å². The number of ether oxygens (including phenoxy) is 2. The highest BCUT2D eigenvalue weighted by atomic mass is 35.5. The summed E-state index contributed by atoms with van der Waals surface area (Å²) in [5.74, 6) is 0.263. The lowest BCUT2D eigenvalue weighted by molar-refractivity contribution is -0.140. The van der Waals surface area contributed by atoms with Gasteiger partial charge in [0.25, 0.3) is 0 Å². The minimum absolute atomic E-state index is 0.419. The lowest BCUT2D eigenvalue weighted by atomic mass is 10.1. The van der Waals surface area contributed by atoms with Crippen LogP contribution in [-0.2, 0) is 4.79 Å². The van der Waals surface area contributed by atoms with E-state index in [0.717, 1.165) is 11.1 Å². The number of carbonyl (C=O) groups excluding carboxylic acids is 1. The fourth-order valence-electron chi connectivity index (χ4n) is 2.50. The largest absolute Gasteiger partial charge is 0.446 e. The van der Waals surface area contributed by atoms with Gasteiger partial charge in [-0.05, 0) is 66.6 Å². The minimum Gasteiger partial charge on any atom is -0.446 e. The monoisotopic (exact) mass is 454 g/mol. The van der Waals surface area contributed by atoms with Gasteiger partial charge in [0.05, 0.1) is 6.21 Å². The van der Waals surface area contributed by atoms with Crippen LogP contribution in [-0.4, -0.2) is 18.4 Å². The summed E-state index contributed by atoms with van der Waals surface area (Å²) in [4.78, 5) is 12.7. The molecule has 7 heteroatoms. The lowest BCUT2D eigenvalue weighted by Gasteiger charge is -2.19. The number of nitrogens with zero attached hydrogens (tertiary/aromatic N) is 1. The molecule has 0 spiro atoms. The Balaban J connectivity index is 1.69. The van der Waals surface area contributed by atoms with Gasteiger partial charge in [-0.3, -0.25) is 4.79 Å². The second-order valence-corrected chi connectivity index (χ2v) is 7.38. The van der Waals surface area contributed by atoms with Gasteiger partial charge in [0, 0.05) is 10.0 Å². The van der Waals surface area contributed by atoms with Crippen LogP contribution < -0.4 is 14.9 Å². The summed E-state index contributed by atoms with van der Waals surface area (Å²) in [7, 11) is 0. The first-order valence-corrected chi connectivity index (χ1v) is 10.2. The van der Waals surface area contributed by atoms with E-state index in [2.05, 4.69) is 10.5 Å². The number of carbonyl (C=O) groups is 1. The Labute approximate surface area is 190 Å². The molecule has 5 nitrogen and oxygen atoms in total. The molecule has 0 aromatic heterocycles. The number of nitrogens with one attached hydrogen (secondary N) is 1. The molecule has 1 N–H and O–H groups in total. The topological polar surface area (TPSA) is 59.9 Å². The van der Waals surface area contributed by atoms with Crippen molar-refractivity contribution >= 4 is 41.4 Å². The molecule has 0 radical (unpaired) electrons.